The third kappa shape index (κ3) is 6.44. The number of benzene rings is 2. The van der Waals surface area contributed by atoms with Crippen LogP contribution in [0.25, 0.3) is 0 Å². The molecular weight excluding hydrogens is 632 g/mol. The second kappa shape index (κ2) is 15.8. The average Bonchev–Trinajstić information content (AvgIpc) is 3.78. The average molecular weight is 687 g/mol. The summed E-state index contributed by atoms with van der Waals surface area (Å²) in [6.07, 6.45) is 4.49. The molecule has 3 aliphatic rings. The maximum atomic E-state index is 15.1. The molecule has 50 heavy (non-hydrogen) atoms. The highest BCUT2D eigenvalue weighted by atomic mass is 16.5. The standard InChI is InChI=1S/C40H54N4O6/c1-8-24-42(30-18-20-31(21-19-30)49-13-6)37(46)34-33-22-23-40(50-33)35(34)38(47)44(32(26-45)27(7)10-3)36(40)39(48)43(25-9-2)29-16-14-28(15-17-29)41(11-4)12-5/h8-9,14-21,27,32-36,45H,1-2,10-13,22-26H2,3-7H3/t27-,32-,33+,34-,35-,36?,40?/m0/s1. The van der Waals surface area contributed by atoms with E-state index >= 15 is 4.79 Å². The maximum absolute atomic E-state index is 15.1. The lowest BCUT2D eigenvalue weighted by molar-refractivity contribution is -0.145. The minimum absolute atomic E-state index is 0.108. The number of aliphatic hydroxyl groups is 1. The van der Waals surface area contributed by atoms with E-state index in [1.807, 2.05) is 69.3 Å². The Morgan fingerprint density at radius 2 is 1.52 bits per heavy atom. The molecule has 2 aromatic carbocycles. The van der Waals surface area contributed by atoms with Crippen molar-refractivity contribution in [3.05, 3.63) is 73.8 Å². The van der Waals surface area contributed by atoms with Gasteiger partial charge in [0, 0.05) is 43.2 Å². The molecule has 3 fully saturated rings. The molecule has 5 rings (SSSR count). The maximum Gasteiger partial charge on any atom is 0.253 e. The zero-order valence-electron chi connectivity index (χ0n) is 30.3. The van der Waals surface area contributed by atoms with Gasteiger partial charge in [-0.2, -0.15) is 0 Å². The Hall–Kier alpha value is -4.15. The first kappa shape index (κ1) is 37.1. The molecule has 270 valence electrons. The molecule has 0 radical (unpaired) electrons. The summed E-state index contributed by atoms with van der Waals surface area (Å²) < 4.78 is 12.4. The van der Waals surface area contributed by atoms with Crippen LogP contribution in [-0.4, -0.2) is 90.9 Å². The molecular formula is C40H54N4O6. The molecule has 1 spiro atoms. The molecule has 10 heteroatoms. The normalized spacial score (nSPS) is 24.8. The first-order valence-electron chi connectivity index (χ1n) is 18.2. The largest absolute Gasteiger partial charge is 0.494 e. The van der Waals surface area contributed by atoms with Crippen LogP contribution in [0.3, 0.4) is 0 Å². The van der Waals surface area contributed by atoms with Crippen molar-refractivity contribution in [2.45, 2.75) is 77.7 Å². The SMILES string of the molecule is C=CCN(C(=O)C1N([C@@H](CO)[C@@H](C)CC)C(=O)[C@@H]2[C@@H](C(=O)N(CC=C)c3ccc(OCC)cc3)[C@H]3CCC12O3)c1ccc(N(CC)CC)cc1. The Labute approximate surface area is 297 Å². The van der Waals surface area contributed by atoms with E-state index < -0.39 is 35.6 Å². The van der Waals surface area contributed by atoms with Gasteiger partial charge in [-0.1, -0.05) is 32.4 Å². The van der Waals surface area contributed by atoms with Crippen LogP contribution in [0.4, 0.5) is 17.1 Å². The van der Waals surface area contributed by atoms with Crippen LogP contribution in [-0.2, 0) is 19.1 Å². The lowest BCUT2D eigenvalue weighted by Gasteiger charge is -2.41. The minimum Gasteiger partial charge on any atom is -0.494 e. The summed E-state index contributed by atoms with van der Waals surface area (Å²) in [7, 11) is 0. The molecule has 2 aromatic rings. The molecule has 2 bridgehead atoms. The van der Waals surface area contributed by atoms with Crippen LogP contribution >= 0.6 is 0 Å². The number of hydrogen-bond acceptors (Lipinski definition) is 7. The van der Waals surface area contributed by atoms with Crippen molar-refractivity contribution in [3.8, 4) is 5.75 Å². The van der Waals surface area contributed by atoms with Crippen LogP contribution in [0.1, 0.15) is 53.9 Å². The highest BCUT2D eigenvalue weighted by Gasteiger charge is 2.75. The summed E-state index contributed by atoms with van der Waals surface area (Å²) in [5.41, 5.74) is 1.16. The second-order valence-electron chi connectivity index (χ2n) is 13.5. The lowest BCUT2D eigenvalue weighted by atomic mass is 9.70. The molecule has 3 amide bonds. The van der Waals surface area contributed by atoms with Crippen LogP contribution in [0.2, 0.25) is 0 Å². The Kier molecular flexibility index (Phi) is 11.7. The summed E-state index contributed by atoms with van der Waals surface area (Å²) in [6, 6.07) is 13.5. The number of rotatable bonds is 17. The highest BCUT2D eigenvalue weighted by Crippen LogP contribution is 2.60. The highest BCUT2D eigenvalue weighted by molar-refractivity contribution is 6.06. The number of ether oxygens (including phenoxy) is 2. The molecule has 3 heterocycles. The van der Waals surface area contributed by atoms with Gasteiger partial charge in [0.25, 0.3) is 5.91 Å². The van der Waals surface area contributed by atoms with Crippen molar-refractivity contribution in [2.75, 3.05) is 54.1 Å². The Bertz CT molecular complexity index is 1530. The Balaban J connectivity index is 1.57. The molecule has 0 aliphatic carbocycles. The van der Waals surface area contributed by atoms with E-state index in [4.69, 9.17) is 9.47 Å². The van der Waals surface area contributed by atoms with Crippen molar-refractivity contribution in [2.24, 2.45) is 17.8 Å². The lowest BCUT2D eigenvalue weighted by Crippen LogP contribution is -2.60. The Morgan fingerprint density at radius 1 is 0.960 bits per heavy atom. The van der Waals surface area contributed by atoms with Crippen molar-refractivity contribution in [3.63, 3.8) is 0 Å². The minimum atomic E-state index is -1.22. The molecule has 2 unspecified atom stereocenters. The predicted molar refractivity (Wildman–Crippen MR) is 197 cm³/mol. The number of carbonyl (C=O) groups excluding carboxylic acids is 3. The zero-order valence-corrected chi connectivity index (χ0v) is 30.3. The van der Waals surface area contributed by atoms with Gasteiger partial charge >= 0.3 is 0 Å². The topological polar surface area (TPSA) is 103 Å². The molecule has 0 aromatic heterocycles. The van der Waals surface area contributed by atoms with E-state index in [0.29, 0.717) is 43.0 Å². The van der Waals surface area contributed by atoms with Gasteiger partial charge in [0.15, 0.2) is 0 Å². The fourth-order valence-electron chi connectivity index (χ4n) is 8.38. The summed E-state index contributed by atoms with van der Waals surface area (Å²) >= 11 is 0. The van der Waals surface area contributed by atoms with E-state index in [1.54, 1.807) is 26.9 Å². The third-order valence-corrected chi connectivity index (χ3v) is 11.0. The molecule has 0 saturated carbocycles. The number of amides is 3. The van der Waals surface area contributed by atoms with E-state index in [2.05, 4.69) is 31.9 Å². The van der Waals surface area contributed by atoms with Gasteiger partial charge in [-0.3, -0.25) is 14.4 Å². The van der Waals surface area contributed by atoms with Gasteiger partial charge in [-0.05, 0) is 88.1 Å². The smallest absolute Gasteiger partial charge is 0.253 e. The zero-order chi connectivity index (χ0) is 36.2. The molecule has 10 nitrogen and oxygen atoms in total. The van der Waals surface area contributed by atoms with Crippen LogP contribution in [0.5, 0.6) is 5.75 Å². The van der Waals surface area contributed by atoms with Gasteiger partial charge in [-0.15, -0.1) is 13.2 Å². The first-order valence-corrected chi connectivity index (χ1v) is 18.2. The fourth-order valence-corrected chi connectivity index (χ4v) is 8.38. The van der Waals surface area contributed by atoms with Crippen LogP contribution in [0.15, 0.2) is 73.8 Å². The number of nitrogens with zero attached hydrogens (tertiary/aromatic N) is 4. The summed E-state index contributed by atoms with van der Waals surface area (Å²) in [5, 5.41) is 10.8. The molecule has 3 aliphatic heterocycles. The summed E-state index contributed by atoms with van der Waals surface area (Å²) in [6.45, 7) is 20.3. The van der Waals surface area contributed by atoms with Gasteiger partial charge in [-0.25, -0.2) is 0 Å². The predicted octanol–water partition coefficient (Wildman–Crippen LogP) is 5.45. The second-order valence-corrected chi connectivity index (χ2v) is 13.5. The number of fused-ring (bicyclic) bond motifs is 1. The quantitative estimate of drug-likeness (QED) is 0.221. The van der Waals surface area contributed by atoms with E-state index in [1.165, 1.54) is 0 Å². The van der Waals surface area contributed by atoms with Crippen molar-refractivity contribution in [1.29, 1.82) is 0 Å². The Morgan fingerprint density at radius 3 is 2.04 bits per heavy atom. The number of aliphatic hydroxyl groups excluding tert-OH is 1. The van der Waals surface area contributed by atoms with Gasteiger partial charge in [0.2, 0.25) is 11.8 Å². The van der Waals surface area contributed by atoms with Gasteiger partial charge < -0.3 is 34.2 Å². The summed E-state index contributed by atoms with van der Waals surface area (Å²) in [5.74, 6) is -1.97. The fraction of sp³-hybridized carbons (Fsp3) is 0.525. The van der Waals surface area contributed by atoms with Crippen LogP contribution < -0.4 is 19.4 Å². The third-order valence-electron chi connectivity index (χ3n) is 11.0. The van der Waals surface area contributed by atoms with Crippen molar-refractivity contribution in [1.82, 2.24) is 4.90 Å². The van der Waals surface area contributed by atoms with E-state index in [-0.39, 0.29) is 43.3 Å². The number of likely N-dealkylation sites (tertiary alicyclic amines) is 1. The monoisotopic (exact) mass is 686 g/mol. The van der Waals surface area contributed by atoms with Crippen molar-refractivity contribution < 1.29 is 29.0 Å². The summed E-state index contributed by atoms with van der Waals surface area (Å²) in [4.78, 5) is 51.7. The first-order chi connectivity index (χ1) is 24.2. The van der Waals surface area contributed by atoms with E-state index in [0.717, 1.165) is 18.8 Å². The van der Waals surface area contributed by atoms with Crippen molar-refractivity contribution >= 4 is 34.8 Å². The van der Waals surface area contributed by atoms with E-state index in [9.17, 15) is 14.7 Å². The van der Waals surface area contributed by atoms with Gasteiger partial charge in [0.05, 0.1) is 37.2 Å². The molecule has 7 atom stereocenters. The molecule has 1 N–H and O–H groups in total. The number of hydrogen-bond donors (Lipinski definition) is 1. The number of anilines is 3. The molecule has 3 saturated heterocycles. The van der Waals surface area contributed by atoms with Gasteiger partial charge in [0.1, 0.15) is 17.4 Å². The van der Waals surface area contributed by atoms with Crippen LogP contribution in [0, 0.1) is 17.8 Å². The number of carbonyl (C=O) groups is 3.